The van der Waals surface area contributed by atoms with Gasteiger partial charge in [0.05, 0.1) is 11.3 Å². The van der Waals surface area contributed by atoms with Crippen LogP contribution in [0.25, 0.3) is 5.69 Å². The molecular formula is C13H14N4O3. The van der Waals surface area contributed by atoms with Crippen LogP contribution in [0.5, 0.6) is 0 Å². The Morgan fingerprint density at radius 2 is 2.00 bits per heavy atom. The molecule has 7 nitrogen and oxygen atoms in total. The number of carbonyl (C=O) groups is 2. The molecule has 1 heterocycles. The van der Waals surface area contributed by atoms with E-state index in [9.17, 15) is 14.7 Å². The predicted molar refractivity (Wildman–Crippen MR) is 73.0 cm³/mol. The molecule has 0 bridgehead atoms. The van der Waals surface area contributed by atoms with E-state index in [4.69, 9.17) is 5.73 Å². The molecule has 104 valence electrons. The van der Waals surface area contributed by atoms with Crippen LogP contribution in [0.1, 0.15) is 20.8 Å². The number of carboxylic acid groups (broad SMARTS) is 1. The number of aromatic carboxylic acids is 1. The molecule has 3 N–H and O–H groups in total. The summed E-state index contributed by atoms with van der Waals surface area (Å²) in [5, 5.41) is 13.3. The fourth-order valence-electron chi connectivity index (χ4n) is 1.73. The first-order valence-corrected chi connectivity index (χ1v) is 5.80. The average Bonchev–Trinajstić information content (AvgIpc) is 2.86. The molecule has 1 aromatic heterocycles. The van der Waals surface area contributed by atoms with E-state index in [1.165, 1.54) is 27.9 Å². The summed E-state index contributed by atoms with van der Waals surface area (Å²) in [4.78, 5) is 24.4. The number of carboxylic acids is 1. The summed E-state index contributed by atoms with van der Waals surface area (Å²) in [5.74, 6) is -1.36. The van der Waals surface area contributed by atoms with E-state index in [1.807, 2.05) is 0 Å². The lowest BCUT2D eigenvalue weighted by molar-refractivity contribution is 0.0696. The second-order valence-corrected chi connectivity index (χ2v) is 4.43. The number of amides is 1. The van der Waals surface area contributed by atoms with Crippen molar-refractivity contribution < 1.29 is 14.7 Å². The van der Waals surface area contributed by atoms with Gasteiger partial charge in [0.15, 0.2) is 5.69 Å². The van der Waals surface area contributed by atoms with Crippen LogP contribution in [0.2, 0.25) is 0 Å². The fraction of sp³-hybridized carbons (Fsp3) is 0.154. The summed E-state index contributed by atoms with van der Waals surface area (Å²) in [6.45, 7) is 0. The lowest BCUT2D eigenvalue weighted by Gasteiger charge is -2.08. The number of nitrogens with two attached hydrogens (primary N) is 1. The smallest absolute Gasteiger partial charge is 0.337 e. The first kappa shape index (κ1) is 13.6. The van der Waals surface area contributed by atoms with Gasteiger partial charge in [0.25, 0.3) is 5.91 Å². The lowest BCUT2D eigenvalue weighted by Crippen LogP contribution is -2.22. The van der Waals surface area contributed by atoms with E-state index in [2.05, 4.69) is 5.10 Å². The molecule has 0 fully saturated rings. The van der Waals surface area contributed by atoms with Crippen LogP contribution in [0.4, 0.5) is 5.69 Å². The summed E-state index contributed by atoms with van der Waals surface area (Å²) in [6.07, 6.45) is 1.54. The zero-order valence-corrected chi connectivity index (χ0v) is 11.1. The van der Waals surface area contributed by atoms with Gasteiger partial charge in [-0.05, 0) is 24.3 Å². The van der Waals surface area contributed by atoms with E-state index < -0.39 is 5.97 Å². The molecule has 0 aliphatic rings. The molecule has 1 amide bonds. The monoisotopic (exact) mass is 274 g/mol. The van der Waals surface area contributed by atoms with E-state index in [0.717, 1.165) is 0 Å². The number of benzene rings is 1. The van der Waals surface area contributed by atoms with Crippen molar-refractivity contribution in [1.82, 2.24) is 14.7 Å². The number of anilines is 1. The number of carbonyl (C=O) groups excluding carboxylic acids is 1. The van der Waals surface area contributed by atoms with E-state index in [0.29, 0.717) is 11.4 Å². The highest BCUT2D eigenvalue weighted by Gasteiger charge is 2.16. The van der Waals surface area contributed by atoms with Crippen molar-refractivity contribution in [3.05, 3.63) is 41.7 Å². The topological polar surface area (TPSA) is 101 Å². The maximum Gasteiger partial charge on any atom is 0.337 e. The Balaban J connectivity index is 2.48. The molecule has 0 unspecified atom stereocenters. The first-order chi connectivity index (χ1) is 9.40. The van der Waals surface area contributed by atoms with Gasteiger partial charge in [0.1, 0.15) is 0 Å². The summed E-state index contributed by atoms with van der Waals surface area (Å²) in [5.41, 5.74) is 6.55. The minimum atomic E-state index is -1.11. The number of rotatable bonds is 3. The van der Waals surface area contributed by atoms with Crippen molar-refractivity contribution in [1.29, 1.82) is 0 Å². The Labute approximate surface area is 115 Å². The van der Waals surface area contributed by atoms with E-state index in [1.54, 1.807) is 26.2 Å². The third kappa shape index (κ3) is 2.46. The van der Waals surface area contributed by atoms with Gasteiger partial charge in [-0.3, -0.25) is 4.79 Å². The number of hydrogen-bond donors (Lipinski definition) is 2. The first-order valence-electron chi connectivity index (χ1n) is 5.80. The highest BCUT2D eigenvalue weighted by molar-refractivity contribution is 5.94. The fourth-order valence-corrected chi connectivity index (χ4v) is 1.73. The molecule has 2 rings (SSSR count). The molecule has 0 radical (unpaired) electrons. The van der Waals surface area contributed by atoms with Gasteiger partial charge in [-0.2, -0.15) is 5.10 Å². The largest absolute Gasteiger partial charge is 0.478 e. The number of hydrogen-bond acceptors (Lipinski definition) is 4. The van der Waals surface area contributed by atoms with Gasteiger partial charge in [-0.15, -0.1) is 0 Å². The number of nitrogens with zero attached hydrogens (tertiary/aromatic N) is 3. The Hall–Kier alpha value is -2.83. The predicted octanol–water partition coefficient (Wildman–Crippen LogP) is 0.855. The molecule has 0 saturated carbocycles. The Bertz CT molecular complexity index is 676. The summed E-state index contributed by atoms with van der Waals surface area (Å²) >= 11 is 0. The molecule has 2 aromatic rings. The molecule has 0 saturated heterocycles. The second kappa shape index (κ2) is 5.04. The zero-order valence-electron chi connectivity index (χ0n) is 11.1. The highest BCUT2D eigenvalue weighted by atomic mass is 16.4. The second-order valence-electron chi connectivity index (χ2n) is 4.43. The SMILES string of the molecule is CN(C)C(=O)c1ccn(-c2ccc(N)cc2C(=O)O)n1. The normalized spacial score (nSPS) is 10.3. The summed E-state index contributed by atoms with van der Waals surface area (Å²) in [7, 11) is 3.24. The van der Waals surface area contributed by atoms with Crippen LogP contribution >= 0.6 is 0 Å². The van der Waals surface area contributed by atoms with Gasteiger partial charge in [0.2, 0.25) is 0 Å². The van der Waals surface area contributed by atoms with Crippen LogP contribution in [0.3, 0.4) is 0 Å². The minimum absolute atomic E-state index is 0.0250. The number of nitrogen functional groups attached to an aromatic ring is 1. The van der Waals surface area contributed by atoms with Gasteiger partial charge in [-0.1, -0.05) is 0 Å². The Morgan fingerprint density at radius 1 is 1.30 bits per heavy atom. The van der Waals surface area contributed by atoms with E-state index >= 15 is 0 Å². The zero-order chi connectivity index (χ0) is 14.9. The molecule has 0 atom stereocenters. The molecule has 0 aliphatic carbocycles. The maximum atomic E-state index is 11.8. The van der Waals surface area contributed by atoms with Crippen molar-refractivity contribution in [2.45, 2.75) is 0 Å². The summed E-state index contributed by atoms with van der Waals surface area (Å²) < 4.78 is 1.35. The molecule has 0 spiro atoms. The minimum Gasteiger partial charge on any atom is -0.478 e. The molecule has 1 aromatic carbocycles. The van der Waals surface area contributed by atoms with Crippen molar-refractivity contribution in [2.24, 2.45) is 0 Å². The Kier molecular flexibility index (Phi) is 3.43. The van der Waals surface area contributed by atoms with Crippen LogP contribution in [-0.2, 0) is 0 Å². The van der Waals surface area contributed by atoms with Gasteiger partial charge in [-0.25, -0.2) is 9.48 Å². The highest BCUT2D eigenvalue weighted by Crippen LogP contribution is 2.18. The number of aromatic nitrogens is 2. The standard InChI is InChI=1S/C13H14N4O3/c1-16(2)12(18)10-5-6-17(15-10)11-4-3-8(14)7-9(11)13(19)20/h3-7H,14H2,1-2H3,(H,19,20). The quantitative estimate of drug-likeness (QED) is 0.808. The maximum absolute atomic E-state index is 11.8. The van der Waals surface area contributed by atoms with Gasteiger partial charge in [0, 0.05) is 26.0 Å². The van der Waals surface area contributed by atoms with Crippen molar-refractivity contribution in [3.8, 4) is 5.69 Å². The summed E-state index contributed by atoms with van der Waals surface area (Å²) in [6, 6.07) is 6.02. The van der Waals surface area contributed by atoms with Crippen LogP contribution in [0, 0.1) is 0 Å². The molecule has 0 aliphatic heterocycles. The van der Waals surface area contributed by atoms with E-state index in [-0.39, 0.29) is 17.2 Å². The van der Waals surface area contributed by atoms with Crippen LogP contribution in [0.15, 0.2) is 30.5 Å². The van der Waals surface area contributed by atoms with Gasteiger partial charge >= 0.3 is 5.97 Å². The molecule has 7 heteroatoms. The lowest BCUT2D eigenvalue weighted by atomic mass is 10.1. The molecule has 20 heavy (non-hydrogen) atoms. The van der Waals surface area contributed by atoms with Gasteiger partial charge < -0.3 is 15.7 Å². The Morgan fingerprint density at radius 3 is 2.60 bits per heavy atom. The third-order valence-corrected chi connectivity index (χ3v) is 2.71. The average molecular weight is 274 g/mol. The molecular weight excluding hydrogens is 260 g/mol. The third-order valence-electron chi connectivity index (χ3n) is 2.71. The van der Waals surface area contributed by atoms with Crippen molar-refractivity contribution in [2.75, 3.05) is 19.8 Å². The van der Waals surface area contributed by atoms with Crippen molar-refractivity contribution in [3.63, 3.8) is 0 Å². The van der Waals surface area contributed by atoms with Crippen LogP contribution in [-0.4, -0.2) is 45.8 Å². The van der Waals surface area contributed by atoms with Crippen molar-refractivity contribution >= 4 is 17.6 Å². The van der Waals surface area contributed by atoms with Crippen LogP contribution < -0.4 is 5.73 Å².